The molecule has 24 heavy (non-hydrogen) atoms. The molecule has 3 heterocycles. The van der Waals surface area contributed by atoms with Gasteiger partial charge in [0.05, 0.1) is 18.6 Å². The van der Waals surface area contributed by atoms with E-state index in [0.717, 1.165) is 13.1 Å². The maximum atomic E-state index is 13.2. The van der Waals surface area contributed by atoms with Gasteiger partial charge in [0.1, 0.15) is 0 Å². The van der Waals surface area contributed by atoms with E-state index in [1.165, 1.54) is 17.7 Å². The lowest BCUT2D eigenvalue weighted by molar-refractivity contribution is -0.123. The Morgan fingerprint density at radius 3 is 2.67 bits per heavy atom. The lowest BCUT2D eigenvalue weighted by atomic mass is 10.1. The summed E-state index contributed by atoms with van der Waals surface area (Å²) in [4.78, 5) is 15.7. The van der Waals surface area contributed by atoms with Gasteiger partial charge < -0.3 is 5.32 Å². The third-order valence-electron chi connectivity index (χ3n) is 4.35. The summed E-state index contributed by atoms with van der Waals surface area (Å²) in [5.74, 6) is -3.10. The number of nitrogens with one attached hydrogen (secondary N) is 2. The largest absolute Gasteiger partial charge is 0.353 e. The Morgan fingerprint density at radius 1 is 1.42 bits per heavy atom. The quantitative estimate of drug-likeness (QED) is 0.796. The van der Waals surface area contributed by atoms with Crippen LogP contribution in [0, 0.1) is 0 Å². The zero-order valence-electron chi connectivity index (χ0n) is 13.2. The Bertz CT molecular complexity index is 513. The third-order valence-corrected chi connectivity index (χ3v) is 5.32. The fraction of sp³-hybridized carbons (Fsp3) is 0.667. The number of carbonyl (C=O) groups excluding carboxylic acids is 1. The summed E-state index contributed by atoms with van der Waals surface area (Å²) < 4.78 is 26.3. The highest BCUT2D eigenvalue weighted by Crippen LogP contribution is 2.28. The number of likely N-dealkylation sites (tertiary alicyclic amines) is 1. The molecule has 2 unspecified atom stereocenters. The zero-order valence-corrected chi connectivity index (χ0v) is 15.6. The molecule has 138 valence electrons. The summed E-state index contributed by atoms with van der Waals surface area (Å²) in [6.45, 7) is 2.12. The van der Waals surface area contributed by atoms with Crippen molar-refractivity contribution in [3.8, 4) is 0 Å². The number of carbonyl (C=O) groups is 1. The highest BCUT2D eigenvalue weighted by Gasteiger charge is 2.42. The number of thiophene rings is 1. The van der Waals surface area contributed by atoms with Crippen LogP contribution in [0.15, 0.2) is 17.5 Å². The standard InChI is InChI=1S/C15H21F2N3OS.2ClH/c16-15(17)8-11(19-10-15)14(21)18-9-12(13-4-3-7-22-13)20-5-1-2-6-20;;/h3-4,7,11-12,19H,1-2,5-6,8-10H2,(H,18,21);2*1H. The van der Waals surface area contributed by atoms with Gasteiger partial charge in [-0.2, -0.15) is 0 Å². The van der Waals surface area contributed by atoms with Crippen LogP contribution in [0.1, 0.15) is 30.2 Å². The molecule has 0 radical (unpaired) electrons. The smallest absolute Gasteiger partial charge is 0.262 e. The van der Waals surface area contributed by atoms with E-state index < -0.39 is 24.9 Å². The molecule has 1 aromatic heterocycles. The average molecular weight is 402 g/mol. The summed E-state index contributed by atoms with van der Waals surface area (Å²) in [7, 11) is 0. The van der Waals surface area contributed by atoms with Crippen molar-refractivity contribution in [1.29, 1.82) is 0 Å². The van der Waals surface area contributed by atoms with Crippen molar-refractivity contribution in [2.24, 2.45) is 0 Å². The molecule has 4 nitrogen and oxygen atoms in total. The van der Waals surface area contributed by atoms with Gasteiger partial charge in [-0.15, -0.1) is 36.2 Å². The molecule has 0 spiro atoms. The number of nitrogens with zero attached hydrogens (tertiary/aromatic N) is 1. The average Bonchev–Trinajstić information content (AvgIpc) is 3.20. The van der Waals surface area contributed by atoms with Crippen molar-refractivity contribution in [2.45, 2.75) is 37.3 Å². The molecule has 0 saturated carbocycles. The van der Waals surface area contributed by atoms with E-state index in [1.807, 2.05) is 11.4 Å². The van der Waals surface area contributed by atoms with E-state index in [4.69, 9.17) is 0 Å². The van der Waals surface area contributed by atoms with Crippen molar-refractivity contribution in [3.05, 3.63) is 22.4 Å². The van der Waals surface area contributed by atoms with Crippen LogP contribution in [0.25, 0.3) is 0 Å². The van der Waals surface area contributed by atoms with E-state index >= 15 is 0 Å². The van der Waals surface area contributed by atoms with Gasteiger partial charge in [-0.05, 0) is 37.4 Å². The fourth-order valence-corrected chi connectivity index (χ4v) is 4.03. The molecule has 3 rings (SSSR count). The molecule has 2 saturated heterocycles. The zero-order chi connectivity index (χ0) is 15.6. The van der Waals surface area contributed by atoms with Gasteiger partial charge in [0.2, 0.25) is 5.91 Å². The molecule has 2 N–H and O–H groups in total. The summed E-state index contributed by atoms with van der Waals surface area (Å²) in [6, 6.07) is 3.44. The molecule has 0 aliphatic carbocycles. The first kappa shape index (κ1) is 21.6. The van der Waals surface area contributed by atoms with Crippen LogP contribution in [-0.2, 0) is 4.79 Å². The normalized spacial score (nSPS) is 24.0. The minimum atomic E-state index is -2.77. The number of halogens is 4. The molecular formula is C15H23Cl2F2N3OS. The summed E-state index contributed by atoms with van der Waals surface area (Å²) >= 11 is 1.67. The highest BCUT2D eigenvalue weighted by atomic mass is 35.5. The SMILES string of the molecule is Cl.Cl.O=C(NCC(c1cccs1)N1CCCC1)C1CC(F)(F)CN1. The Labute approximate surface area is 157 Å². The van der Waals surface area contributed by atoms with Crippen LogP contribution in [0.2, 0.25) is 0 Å². The minimum Gasteiger partial charge on any atom is -0.353 e. The summed E-state index contributed by atoms with van der Waals surface area (Å²) in [5.41, 5.74) is 0. The summed E-state index contributed by atoms with van der Waals surface area (Å²) in [5, 5.41) is 7.49. The molecule has 2 aliphatic rings. The van der Waals surface area contributed by atoms with Gasteiger partial charge in [-0.25, -0.2) is 8.78 Å². The predicted octanol–water partition coefficient (Wildman–Crippen LogP) is 2.84. The van der Waals surface area contributed by atoms with Crippen LogP contribution in [0.3, 0.4) is 0 Å². The van der Waals surface area contributed by atoms with Crippen molar-refractivity contribution < 1.29 is 13.6 Å². The second-order valence-corrected chi connectivity index (χ2v) is 6.99. The fourth-order valence-electron chi connectivity index (χ4n) is 3.17. The lowest BCUT2D eigenvalue weighted by Gasteiger charge is -2.27. The molecular weight excluding hydrogens is 379 g/mol. The number of amides is 1. The van der Waals surface area contributed by atoms with Crippen molar-refractivity contribution >= 4 is 42.1 Å². The van der Waals surface area contributed by atoms with Crippen LogP contribution in [0.5, 0.6) is 0 Å². The molecule has 0 bridgehead atoms. The van der Waals surface area contributed by atoms with Gasteiger partial charge >= 0.3 is 0 Å². The number of alkyl halides is 2. The van der Waals surface area contributed by atoms with E-state index in [0.29, 0.717) is 6.54 Å². The maximum absolute atomic E-state index is 13.2. The Balaban J connectivity index is 0.00000144. The van der Waals surface area contributed by atoms with Crippen LogP contribution >= 0.6 is 36.2 Å². The predicted molar refractivity (Wildman–Crippen MR) is 96.7 cm³/mol. The van der Waals surface area contributed by atoms with Crippen LogP contribution < -0.4 is 10.6 Å². The van der Waals surface area contributed by atoms with E-state index in [9.17, 15) is 13.6 Å². The van der Waals surface area contributed by atoms with Crippen LogP contribution in [-0.4, -0.2) is 49.0 Å². The molecule has 1 amide bonds. The van der Waals surface area contributed by atoms with Crippen molar-refractivity contribution in [3.63, 3.8) is 0 Å². The Morgan fingerprint density at radius 2 is 2.12 bits per heavy atom. The first-order chi connectivity index (χ1) is 10.6. The number of rotatable bonds is 5. The Hall–Kier alpha value is -0.470. The van der Waals surface area contributed by atoms with Crippen LogP contribution in [0.4, 0.5) is 8.78 Å². The lowest BCUT2D eigenvalue weighted by Crippen LogP contribution is -2.44. The third kappa shape index (κ3) is 5.26. The Kier molecular flexibility index (Phi) is 8.35. The molecule has 2 atom stereocenters. The minimum absolute atomic E-state index is 0. The first-order valence-electron chi connectivity index (χ1n) is 7.71. The molecule has 0 aromatic carbocycles. The van der Waals surface area contributed by atoms with Gasteiger partial charge in [-0.3, -0.25) is 15.0 Å². The van der Waals surface area contributed by atoms with Crippen molar-refractivity contribution in [2.75, 3.05) is 26.2 Å². The van der Waals surface area contributed by atoms with E-state index in [2.05, 4.69) is 21.6 Å². The second-order valence-electron chi connectivity index (χ2n) is 6.01. The highest BCUT2D eigenvalue weighted by molar-refractivity contribution is 7.10. The van der Waals surface area contributed by atoms with Gasteiger partial charge in [0, 0.05) is 17.8 Å². The monoisotopic (exact) mass is 401 g/mol. The van der Waals surface area contributed by atoms with E-state index in [-0.39, 0.29) is 36.8 Å². The summed E-state index contributed by atoms with van der Waals surface area (Å²) in [6.07, 6.45) is 1.94. The molecule has 2 fully saturated rings. The van der Waals surface area contributed by atoms with E-state index in [1.54, 1.807) is 11.3 Å². The first-order valence-corrected chi connectivity index (χ1v) is 8.59. The van der Waals surface area contributed by atoms with Gasteiger partial charge in [0.25, 0.3) is 5.92 Å². The number of hydrogen-bond acceptors (Lipinski definition) is 4. The molecule has 9 heteroatoms. The van der Waals surface area contributed by atoms with Gasteiger partial charge in [0.15, 0.2) is 0 Å². The maximum Gasteiger partial charge on any atom is 0.262 e. The topological polar surface area (TPSA) is 44.4 Å². The molecule has 2 aliphatic heterocycles. The molecule has 1 aromatic rings. The number of hydrogen-bond donors (Lipinski definition) is 2. The second kappa shape index (κ2) is 9.29. The van der Waals surface area contributed by atoms with Crippen molar-refractivity contribution in [1.82, 2.24) is 15.5 Å². The van der Waals surface area contributed by atoms with Gasteiger partial charge in [-0.1, -0.05) is 6.07 Å².